The lowest BCUT2D eigenvalue weighted by Gasteiger charge is -2.26. The van der Waals surface area contributed by atoms with Crippen LogP contribution in [0.15, 0.2) is 11.5 Å². The second kappa shape index (κ2) is 7.73. The van der Waals surface area contributed by atoms with Gasteiger partial charge in [-0.3, -0.25) is 4.90 Å². The maximum Gasteiger partial charge on any atom is 0.338 e. The molecule has 0 aliphatic carbocycles. The minimum atomic E-state index is -0.251. The highest BCUT2D eigenvalue weighted by molar-refractivity contribution is 7.11. The maximum absolute atomic E-state index is 11.7. The van der Waals surface area contributed by atoms with E-state index in [1.165, 1.54) is 17.6 Å². The second-order valence-corrected chi connectivity index (χ2v) is 5.99. The Bertz CT molecular complexity index is 516. The fraction of sp³-hybridized carbons (Fsp3) is 0.562. The number of thiophene rings is 1. The van der Waals surface area contributed by atoms with E-state index in [0.717, 1.165) is 44.8 Å². The number of esters is 1. The van der Waals surface area contributed by atoms with Gasteiger partial charge in [0.25, 0.3) is 0 Å². The highest BCUT2D eigenvalue weighted by Crippen LogP contribution is 2.31. The predicted molar refractivity (Wildman–Crippen MR) is 85.9 cm³/mol. The van der Waals surface area contributed by atoms with E-state index in [9.17, 15) is 4.79 Å². The van der Waals surface area contributed by atoms with E-state index in [1.54, 1.807) is 11.3 Å². The van der Waals surface area contributed by atoms with Crippen molar-refractivity contribution in [1.29, 1.82) is 0 Å². The summed E-state index contributed by atoms with van der Waals surface area (Å²) < 4.78 is 10.2. The first-order chi connectivity index (χ1) is 10.2. The molecule has 0 radical (unpaired) electrons. The molecule has 0 N–H and O–H groups in total. The fourth-order valence-corrected chi connectivity index (χ4v) is 3.70. The van der Waals surface area contributed by atoms with Crippen LogP contribution < -0.4 is 0 Å². The van der Waals surface area contributed by atoms with Crippen molar-refractivity contribution in [3.63, 3.8) is 0 Å². The summed E-state index contributed by atoms with van der Waals surface area (Å²) in [5.74, 6) is -0.251. The zero-order valence-electron chi connectivity index (χ0n) is 13.0. The minimum Gasteiger partial charge on any atom is -0.465 e. The molecule has 0 saturated carbocycles. The number of allylic oxidation sites excluding steroid dienone is 1. The van der Waals surface area contributed by atoms with Crippen molar-refractivity contribution in [2.45, 2.75) is 20.3 Å². The Labute approximate surface area is 130 Å². The largest absolute Gasteiger partial charge is 0.465 e. The van der Waals surface area contributed by atoms with Crippen molar-refractivity contribution < 1.29 is 14.3 Å². The molecule has 1 aromatic rings. The van der Waals surface area contributed by atoms with Gasteiger partial charge >= 0.3 is 5.97 Å². The molecular weight excluding hydrogens is 286 g/mol. The predicted octanol–water partition coefficient (Wildman–Crippen LogP) is 2.97. The molecule has 4 nitrogen and oxygen atoms in total. The van der Waals surface area contributed by atoms with Gasteiger partial charge in [-0.2, -0.15) is 0 Å². The fourth-order valence-electron chi connectivity index (χ4n) is 2.54. The first kappa shape index (κ1) is 16.2. The molecule has 1 aliphatic heterocycles. The first-order valence-corrected chi connectivity index (χ1v) is 8.17. The lowest BCUT2D eigenvalue weighted by molar-refractivity contribution is 0.0390. The van der Waals surface area contributed by atoms with Crippen LogP contribution in [0.3, 0.4) is 0 Å². The number of carbonyl (C=O) groups is 1. The zero-order chi connectivity index (χ0) is 15.2. The van der Waals surface area contributed by atoms with Crippen LogP contribution in [0, 0.1) is 6.92 Å². The first-order valence-electron chi connectivity index (χ1n) is 7.29. The smallest absolute Gasteiger partial charge is 0.338 e. The molecule has 2 heterocycles. The molecule has 21 heavy (non-hydrogen) atoms. The summed E-state index contributed by atoms with van der Waals surface area (Å²) in [7, 11) is 1.42. The summed E-state index contributed by atoms with van der Waals surface area (Å²) in [6, 6.07) is 0. The standard InChI is InChI=1S/C16H23NO3S/c1-4-13(5-6-17-7-9-20-10-8-17)15-12(2)14(11-21-15)16(18)19-3/h4,11H,5-10H2,1-3H3/b13-4-. The zero-order valence-corrected chi connectivity index (χ0v) is 13.8. The Balaban J connectivity index is 2.04. The Morgan fingerprint density at radius 1 is 1.48 bits per heavy atom. The third-order valence-electron chi connectivity index (χ3n) is 3.89. The van der Waals surface area contributed by atoms with Crippen LogP contribution in [0.1, 0.15) is 34.1 Å². The van der Waals surface area contributed by atoms with Gasteiger partial charge in [0.2, 0.25) is 0 Å². The summed E-state index contributed by atoms with van der Waals surface area (Å²) in [4.78, 5) is 15.3. The van der Waals surface area contributed by atoms with E-state index in [0.29, 0.717) is 5.56 Å². The van der Waals surface area contributed by atoms with E-state index < -0.39 is 0 Å². The van der Waals surface area contributed by atoms with Gasteiger partial charge in [-0.15, -0.1) is 11.3 Å². The Morgan fingerprint density at radius 2 is 2.19 bits per heavy atom. The van der Waals surface area contributed by atoms with Crippen molar-refractivity contribution in [2.75, 3.05) is 40.0 Å². The summed E-state index contributed by atoms with van der Waals surface area (Å²) >= 11 is 1.63. The second-order valence-electron chi connectivity index (χ2n) is 5.11. The number of morpholine rings is 1. The van der Waals surface area contributed by atoms with Gasteiger partial charge < -0.3 is 9.47 Å². The topological polar surface area (TPSA) is 38.8 Å². The van der Waals surface area contributed by atoms with E-state index >= 15 is 0 Å². The van der Waals surface area contributed by atoms with Crippen LogP contribution in [-0.2, 0) is 9.47 Å². The Hall–Kier alpha value is -1.17. The molecule has 5 heteroatoms. The number of nitrogens with zero attached hydrogens (tertiary/aromatic N) is 1. The average Bonchev–Trinajstić information content (AvgIpc) is 2.90. The highest BCUT2D eigenvalue weighted by atomic mass is 32.1. The van der Waals surface area contributed by atoms with Gasteiger partial charge in [-0.1, -0.05) is 6.08 Å². The van der Waals surface area contributed by atoms with Gasteiger partial charge in [-0.25, -0.2) is 4.79 Å². The van der Waals surface area contributed by atoms with E-state index in [2.05, 4.69) is 17.9 Å². The number of hydrogen-bond acceptors (Lipinski definition) is 5. The molecule has 0 unspecified atom stereocenters. The molecule has 0 atom stereocenters. The molecular formula is C16H23NO3S. The maximum atomic E-state index is 11.7. The van der Waals surface area contributed by atoms with Gasteiger partial charge in [0.05, 0.1) is 25.9 Å². The molecule has 1 saturated heterocycles. The highest BCUT2D eigenvalue weighted by Gasteiger charge is 2.18. The van der Waals surface area contributed by atoms with Gasteiger partial charge in [0.1, 0.15) is 0 Å². The van der Waals surface area contributed by atoms with E-state index in [4.69, 9.17) is 9.47 Å². The van der Waals surface area contributed by atoms with Gasteiger partial charge in [-0.05, 0) is 31.4 Å². The van der Waals surface area contributed by atoms with Crippen LogP contribution in [0.25, 0.3) is 5.57 Å². The van der Waals surface area contributed by atoms with Crippen molar-refractivity contribution in [3.05, 3.63) is 27.5 Å². The van der Waals surface area contributed by atoms with Crippen molar-refractivity contribution in [3.8, 4) is 0 Å². The average molecular weight is 309 g/mol. The van der Waals surface area contributed by atoms with Crippen LogP contribution in [0.2, 0.25) is 0 Å². The number of methoxy groups -OCH3 is 1. The molecule has 116 valence electrons. The van der Waals surface area contributed by atoms with Crippen molar-refractivity contribution in [2.24, 2.45) is 0 Å². The third-order valence-corrected chi connectivity index (χ3v) is 5.04. The summed E-state index contributed by atoms with van der Waals surface area (Å²) in [6.07, 6.45) is 3.15. The number of ether oxygens (including phenoxy) is 2. The molecule has 1 fully saturated rings. The van der Waals surface area contributed by atoms with Crippen molar-refractivity contribution in [1.82, 2.24) is 4.90 Å². The number of rotatable bonds is 5. The van der Waals surface area contributed by atoms with Crippen LogP contribution in [-0.4, -0.2) is 50.8 Å². The normalized spacial score (nSPS) is 17.0. The minimum absolute atomic E-state index is 0.251. The van der Waals surface area contributed by atoms with Crippen LogP contribution in [0.4, 0.5) is 0 Å². The Kier molecular flexibility index (Phi) is 5.96. The van der Waals surface area contributed by atoms with Gasteiger partial charge in [0, 0.05) is 29.9 Å². The summed E-state index contributed by atoms with van der Waals surface area (Å²) in [6.45, 7) is 8.77. The lowest BCUT2D eigenvalue weighted by atomic mass is 10.0. The summed E-state index contributed by atoms with van der Waals surface area (Å²) in [5, 5.41) is 1.90. The van der Waals surface area contributed by atoms with Crippen molar-refractivity contribution >= 4 is 22.9 Å². The number of carbonyl (C=O) groups excluding carboxylic acids is 1. The molecule has 0 bridgehead atoms. The van der Waals surface area contributed by atoms with E-state index in [-0.39, 0.29) is 5.97 Å². The van der Waals surface area contributed by atoms with Crippen LogP contribution >= 0.6 is 11.3 Å². The number of hydrogen-bond donors (Lipinski definition) is 0. The molecule has 0 amide bonds. The molecule has 1 aromatic heterocycles. The monoisotopic (exact) mass is 309 g/mol. The molecule has 2 rings (SSSR count). The quantitative estimate of drug-likeness (QED) is 0.784. The van der Waals surface area contributed by atoms with Gasteiger partial charge in [0.15, 0.2) is 0 Å². The molecule has 1 aliphatic rings. The molecule has 0 spiro atoms. The summed E-state index contributed by atoms with van der Waals surface area (Å²) in [5.41, 5.74) is 3.02. The Morgan fingerprint density at radius 3 is 2.81 bits per heavy atom. The SMILES string of the molecule is C/C=C(/CCN1CCOCC1)c1scc(C(=O)OC)c1C. The lowest BCUT2D eigenvalue weighted by Crippen LogP contribution is -2.36. The van der Waals surface area contributed by atoms with E-state index in [1.807, 2.05) is 12.3 Å². The third kappa shape index (κ3) is 3.93. The van der Waals surface area contributed by atoms with Crippen LogP contribution in [0.5, 0.6) is 0 Å². The molecule has 0 aromatic carbocycles.